The van der Waals surface area contributed by atoms with Gasteiger partial charge in [0.2, 0.25) is 0 Å². The number of aliphatic hydroxyl groups is 1. The highest BCUT2D eigenvalue weighted by Gasteiger charge is 2.35. The van der Waals surface area contributed by atoms with Gasteiger partial charge in [0.05, 0.1) is 18.8 Å². The number of hydrogen-bond donors (Lipinski definition) is 2. The van der Waals surface area contributed by atoms with Crippen LogP contribution in [0.2, 0.25) is 0 Å². The topological polar surface area (TPSA) is 87.1 Å². The van der Waals surface area contributed by atoms with Crippen molar-refractivity contribution < 1.29 is 37.7 Å². The molecule has 1 amide bonds. The Labute approximate surface area is 158 Å². The maximum absolute atomic E-state index is 12.7. The van der Waals surface area contributed by atoms with Gasteiger partial charge in [-0.3, -0.25) is 4.90 Å². The van der Waals surface area contributed by atoms with Crippen LogP contribution < -0.4 is 4.90 Å². The first kappa shape index (κ1) is 21.2. The van der Waals surface area contributed by atoms with Gasteiger partial charge in [0, 0.05) is 5.69 Å². The molecule has 0 spiro atoms. The molecule has 9 heteroatoms. The van der Waals surface area contributed by atoms with Crippen LogP contribution in [0.15, 0.2) is 48.5 Å². The molecule has 28 heavy (non-hydrogen) atoms. The quantitative estimate of drug-likeness (QED) is 0.802. The van der Waals surface area contributed by atoms with Crippen molar-refractivity contribution in [2.45, 2.75) is 25.2 Å². The summed E-state index contributed by atoms with van der Waals surface area (Å²) >= 11 is 0. The minimum atomic E-state index is -4.43. The lowest BCUT2D eigenvalue weighted by Crippen LogP contribution is -2.51. The van der Waals surface area contributed by atoms with E-state index in [-0.39, 0.29) is 5.69 Å². The third kappa shape index (κ3) is 4.61. The van der Waals surface area contributed by atoms with Crippen molar-refractivity contribution in [2.75, 3.05) is 12.0 Å². The van der Waals surface area contributed by atoms with Gasteiger partial charge in [0.15, 0.2) is 6.04 Å². The number of methoxy groups -OCH3 is 1. The molecule has 0 aliphatic rings. The van der Waals surface area contributed by atoms with Gasteiger partial charge in [-0.2, -0.15) is 13.2 Å². The molecule has 2 atom stereocenters. The van der Waals surface area contributed by atoms with E-state index in [1.165, 1.54) is 43.3 Å². The minimum absolute atomic E-state index is 0.149. The second-order valence-corrected chi connectivity index (χ2v) is 5.99. The highest BCUT2D eigenvalue weighted by atomic mass is 19.4. The van der Waals surface area contributed by atoms with Gasteiger partial charge in [-0.15, -0.1) is 0 Å². The first-order valence-corrected chi connectivity index (χ1v) is 8.12. The summed E-state index contributed by atoms with van der Waals surface area (Å²) in [6, 6.07) is 8.84. The van der Waals surface area contributed by atoms with Crippen molar-refractivity contribution in [3.63, 3.8) is 0 Å². The summed E-state index contributed by atoms with van der Waals surface area (Å²) in [5.41, 5.74) is 0.447. The predicted octanol–water partition coefficient (Wildman–Crippen LogP) is 3.78. The Bertz CT molecular complexity index is 832. The Morgan fingerprint density at radius 3 is 1.82 bits per heavy atom. The lowest BCUT2D eigenvalue weighted by Gasteiger charge is -2.29. The number of hydrogen-bond acceptors (Lipinski definition) is 4. The standard InChI is InChI=1S/C19H18F3NO5/c1-11(24)16(17(25)26)23(18(27)28-2)15-9-5-13(6-10-15)12-3-7-14(8-4-12)19(20,21)22/h3-11,16,24H,1-2H3,(H,25,26)/t11-,16+/m0/s1. The monoisotopic (exact) mass is 397 g/mol. The molecule has 0 saturated heterocycles. The van der Waals surface area contributed by atoms with Gasteiger partial charge >= 0.3 is 18.2 Å². The number of ether oxygens (including phenoxy) is 1. The molecule has 0 radical (unpaired) electrons. The molecular formula is C19H18F3NO5. The third-order valence-corrected chi connectivity index (χ3v) is 4.05. The van der Waals surface area contributed by atoms with Crippen LogP contribution >= 0.6 is 0 Å². The summed E-state index contributed by atoms with van der Waals surface area (Å²) in [6.07, 6.45) is -6.79. The van der Waals surface area contributed by atoms with E-state index in [0.717, 1.165) is 24.1 Å². The second-order valence-electron chi connectivity index (χ2n) is 5.99. The van der Waals surface area contributed by atoms with E-state index < -0.39 is 35.9 Å². The summed E-state index contributed by atoms with van der Waals surface area (Å²) in [4.78, 5) is 24.3. The number of amides is 1. The Morgan fingerprint density at radius 2 is 1.46 bits per heavy atom. The summed E-state index contributed by atoms with van der Waals surface area (Å²) < 4.78 is 42.6. The summed E-state index contributed by atoms with van der Waals surface area (Å²) in [5.74, 6) is -1.42. The van der Waals surface area contributed by atoms with Gasteiger partial charge in [0.1, 0.15) is 0 Å². The molecule has 2 aromatic carbocycles. The molecule has 0 heterocycles. The van der Waals surface area contributed by atoms with E-state index in [1.54, 1.807) is 0 Å². The number of anilines is 1. The maximum Gasteiger partial charge on any atom is 0.416 e. The van der Waals surface area contributed by atoms with E-state index in [4.69, 9.17) is 0 Å². The Morgan fingerprint density at radius 1 is 1.00 bits per heavy atom. The zero-order valence-corrected chi connectivity index (χ0v) is 15.0. The van der Waals surface area contributed by atoms with E-state index >= 15 is 0 Å². The van der Waals surface area contributed by atoms with Crippen molar-refractivity contribution in [1.29, 1.82) is 0 Å². The van der Waals surface area contributed by atoms with Gasteiger partial charge < -0.3 is 14.9 Å². The number of carbonyl (C=O) groups is 2. The van der Waals surface area contributed by atoms with Crippen LogP contribution in [0.25, 0.3) is 11.1 Å². The molecule has 2 N–H and O–H groups in total. The van der Waals surface area contributed by atoms with Crippen LogP contribution in [0.3, 0.4) is 0 Å². The Balaban J connectivity index is 2.37. The highest BCUT2D eigenvalue weighted by Crippen LogP contribution is 2.31. The van der Waals surface area contributed by atoms with E-state index in [9.17, 15) is 33.0 Å². The van der Waals surface area contributed by atoms with Gasteiger partial charge in [-0.1, -0.05) is 24.3 Å². The van der Waals surface area contributed by atoms with Crippen LogP contribution in [0.5, 0.6) is 0 Å². The van der Waals surface area contributed by atoms with Crippen LogP contribution in [0, 0.1) is 0 Å². The van der Waals surface area contributed by atoms with Gasteiger partial charge in [0.25, 0.3) is 0 Å². The summed E-state index contributed by atoms with van der Waals surface area (Å²) in [5, 5.41) is 19.1. The van der Waals surface area contributed by atoms with E-state index in [0.29, 0.717) is 11.1 Å². The predicted molar refractivity (Wildman–Crippen MR) is 94.9 cm³/mol. The molecular weight excluding hydrogens is 379 g/mol. The first-order chi connectivity index (χ1) is 13.1. The molecule has 0 aromatic heterocycles. The molecule has 0 aliphatic heterocycles. The molecule has 0 unspecified atom stereocenters. The van der Waals surface area contributed by atoms with Crippen LogP contribution in [0.4, 0.5) is 23.7 Å². The second kappa shape index (κ2) is 8.30. The van der Waals surface area contributed by atoms with Crippen LogP contribution in [0.1, 0.15) is 12.5 Å². The normalized spacial score (nSPS) is 13.5. The number of carboxylic acids is 1. The number of rotatable bonds is 5. The van der Waals surface area contributed by atoms with Crippen LogP contribution in [-0.4, -0.2) is 41.5 Å². The molecule has 6 nitrogen and oxygen atoms in total. The lowest BCUT2D eigenvalue weighted by atomic mass is 10.0. The number of halogens is 3. The number of benzene rings is 2. The fourth-order valence-corrected chi connectivity index (χ4v) is 2.68. The molecule has 0 aliphatic carbocycles. The van der Waals surface area contributed by atoms with Gasteiger partial charge in [-0.05, 0) is 42.3 Å². The molecule has 2 rings (SSSR count). The molecule has 0 saturated carbocycles. The van der Waals surface area contributed by atoms with Crippen molar-refractivity contribution in [2.24, 2.45) is 0 Å². The summed E-state index contributed by atoms with van der Waals surface area (Å²) in [7, 11) is 1.08. The third-order valence-electron chi connectivity index (χ3n) is 4.05. The van der Waals surface area contributed by atoms with Crippen LogP contribution in [-0.2, 0) is 15.7 Å². The summed E-state index contributed by atoms with van der Waals surface area (Å²) in [6.45, 7) is 1.23. The van der Waals surface area contributed by atoms with E-state index in [1.807, 2.05) is 0 Å². The highest BCUT2D eigenvalue weighted by molar-refractivity contribution is 5.95. The number of alkyl halides is 3. The molecule has 2 aromatic rings. The Kier molecular flexibility index (Phi) is 6.30. The largest absolute Gasteiger partial charge is 0.480 e. The Hall–Kier alpha value is -3.07. The van der Waals surface area contributed by atoms with Crippen molar-refractivity contribution in [3.8, 4) is 11.1 Å². The lowest BCUT2D eigenvalue weighted by molar-refractivity contribution is -0.141. The zero-order chi connectivity index (χ0) is 21.1. The molecule has 0 bridgehead atoms. The fourth-order valence-electron chi connectivity index (χ4n) is 2.68. The number of carboxylic acid groups (broad SMARTS) is 1. The van der Waals surface area contributed by atoms with Crippen molar-refractivity contribution in [3.05, 3.63) is 54.1 Å². The number of nitrogens with zero attached hydrogens (tertiary/aromatic N) is 1. The van der Waals surface area contributed by atoms with Crippen molar-refractivity contribution in [1.82, 2.24) is 0 Å². The maximum atomic E-state index is 12.7. The number of aliphatic carboxylic acids is 1. The number of aliphatic hydroxyl groups excluding tert-OH is 1. The van der Waals surface area contributed by atoms with Gasteiger partial charge in [-0.25, -0.2) is 9.59 Å². The average Bonchev–Trinajstić information content (AvgIpc) is 2.64. The molecule has 150 valence electrons. The SMILES string of the molecule is COC(=O)N(c1ccc(-c2ccc(C(F)(F)F)cc2)cc1)[C@@H](C(=O)O)[C@H](C)O. The minimum Gasteiger partial charge on any atom is -0.480 e. The van der Waals surface area contributed by atoms with Crippen molar-refractivity contribution >= 4 is 17.7 Å². The smallest absolute Gasteiger partial charge is 0.416 e. The first-order valence-electron chi connectivity index (χ1n) is 8.12. The average molecular weight is 397 g/mol. The molecule has 0 fully saturated rings. The van der Waals surface area contributed by atoms with E-state index in [2.05, 4.69) is 4.74 Å². The number of carbonyl (C=O) groups excluding carboxylic acids is 1. The zero-order valence-electron chi connectivity index (χ0n) is 15.0. The fraction of sp³-hybridized carbons (Fsp3) is 0.263.